The second-order valence-electron chi connectivity index (χ2n) is 14.0. The minimum absolute atomic E-state index is 0.282. The molecule has 9 aromatic carbocycles. The van der Waals surface area contributed by atoms with E-state index in [1.165, 1.54) is 53.6 Å². The van der Waals surface area contributed by atoms with Crippen molar-refractivity contribution >= 4 is 95.7 Å². The lowest BCUT2D eigenvalue weighted by atomic mass is 10.3. The standard InChI is InChI=1S/3C18H15Si.C2H4O2.Al/c3*1-4-10-16(11-5-1)19(17-12-6-2-7-13-17)18-14-8-3-9-15-18;1-2(3)4;/h3*1-15H;1H3,(H,3,4);/p-1. The third kappa shape index (κ3) is 13.8. The molecule has 0 aliphatic carbocycles. The number of hydrogen-bond donors (Lipinski definition) is 0. The molecule has 0 fully saturated rings. The summed E-state index contributed by atoms with van der Waals surface area (Å²) in [5.74, 6) is -0.282. The zero-order chi connectivity index (χ0) is 43.0. The van der Waals surface area contributed by atoms with Crippen LogP contribution in [0.3, 0.4) is 0 Å². The fraction of sp³-hybridized carbons (Fsp3) is 0.0179. The van der Waals surface area contributed by atoms with Gasteiger partial charge in [0.15, 0.2) is 26.4 Å². The highest BCUT2D eigenvalue weighted by atomic mass is 28.3. The van der Waals surface area contributed by atoms with Gasteiger partial charge in [-0.3, -0.25) is 4.79 Å². The molecular weight excluding hydrogens is 816 g/mol. The van der Waals surface area contributed by atoms with Crippen molar-refractivity contribution in [1.82, 2.24) is 0 Å². The minimum atomic E-state index is -0.877. The SMILES string of the molecule is CC(=O)[O][Al-].c1ccc([Si](c2ccccc2)c2ccccc2)cc1.c1ccc([Si](c2ccccc2)c2ccccc2)cc1.c1ccc([Si](c2ccccc2)c2ccccc2)cc1. The molecule has 0 atom stereocenters. The number of benzene rings is 9. The van der Waals surface area contributed by atoms with Crippen LogP contribution in [-0.2, 0) is 8.58 Å². The summed E-state index contributed by atoms with van der Waals surface area (Å²) in [5, 5.41) is 12.9. The van der Waals surface area contributed by atoms with Gasteiger partial charge in [0.2, 0.25) is 5.97 Å². The highest BCUT2D eigenvalue weighted by Gasteiger charge is 2.20. The van der Waals surface area contributed by atoms with Gasteiger partial charge in [0.1, 0.15) is 0 Å². The quantitative estimate of drug-likeness (QED) is 0.127. The second kappa shape index (κ2) is 25.4. The van der Waals surface area contributed by atoms with Crippen molar-refractivity contribution in [2.45, 2.75) is 6.92 Å². The van der Waals surface area contributed by atoms with E-state index in [-0.39, 0.29) is 5.97 Å². The van der Waals surface area contributed by atoms with Crippen LogP contribution < -0.4 is 46.7 Å². The number of rotatable bonds is 9. The summed E-state index contributed by atoms with van der Waals surface area (Å²) in [5.41, 5.74) is 0. The molecule has 6 heteroatoms. The third-order valence-corrected chi connectivity index (χ3v) is 18.3. The molecule has 0 saturated carbocycles. The van der Waals surface area contributed by atoms with Crippen molar-refractivity contribution in [3.8, 4) is 0 Å². The van der Waals surface area contributed by atoms with Gasteiger partial charge in [0, 0.05) is 6.92 Å². The lowest BCUT2D eigenvalue weighted by Gasteiger charge is -2.16. The number of carbonyl (C=O) groups excluding carboxylic acids is 1. The van der Waals surface area contributed by atoms with Crippen LogP contribution in [-0.4, -0.2) is 49.0 Å². The Balaban J connectivity index is 0.000000147. The molecule has 2 nitrogen and oxygen atoms in total. The average Bonchev–Trinajstić information content (AvgIpc) is 3.35. The molecule has 0 saturated heterocycles. The van der Waals surface area contributed by atoms with Crippen LogP contribution in [0.2, 0.25) is 0 Å². The summed E-state index contributed by atoms with van der Waals surface area (Å²) < 4.78 is 4.03. The van der Waals surface area contributed by atoms with Crippen LogP contribution in [0.1, 0.15) is 6.92 Å². The first-order valence-corrected chi connectivity index (χ1v) is 25.6. The molecule has 0 aliphatic rings. The van der Waals surface area contributed by atoms with E-state index in [4.69, 9.17) is 0 Å². The molecule has 0 aromatic heterocycles. The van der Waals surface area contributed by atoms with E-state index in [2.05, 4.69) is 277 Å². The highest BCUT2D eigenvalue weighted by molar-refractivity contribution is 6.96. The van der Waals surface area contributed by atoms with E-state index in [0.29, 0.717) is 0 Å². The molecule has 0 N–H and O–H groups in total. The molecular formula is C56H48AlO2Si3-. The first-order chi connectivity index (χ1) is 30.6. The predicted molar refractivity (Wildman–Crippen MR) is 269 cm³/mol. The number of hydrogen-bond acceptors (Lipinski definition) is 2. The highest BCUT2D eigenvalue weighted by Crippen LogP contribution is 1.98. The first-order valence-electron chi connectivity index (χ1n) is 20.6. The van der Waals surface area contributed by atoms with Gasteiger partial charge in [-0.05, 0) is 0 Å². The molecule has 0 amide bonds. The Morgan fingerprint density at radius 1 is 0.274 bits per heavy atom. The molecule has 0 unspecified atom stereocenters. The van der Waals surface area contributed by atoms with Crippen molar-refractivity contribution in [2.75, 3.05) is 0 Å². The topological polar surface area (TPSA) is 26.3 Å². The van der Waals surface area contributed by atoms with Gasteiger partial charge in [0.05, 0.1) is 0 Å². The van der Waals surface area contributed by atoms with Crippen LogP contribution in [0, 0.1) is 0 Å². The maximum absolute atomic E-state index is 9.57. The van der Waals surface area contributed by atoms with Gasteiger partial charge >= 0.3 is 0 Å². The Morgan fingerprint density at radius 3 is 0.452 bits per heavy atom. The lowest BCUT2D eigenvalue weighted by Crippen LogP contribution is -2.51. The van der Waals surface area contributed by atoms with Gasteiger partial charge in [-0.15, -0.1) is 0 Å². The Hall–Kier alpha value is -6.37. The van der Waals surface area contributed by atoms with Crippen molar-refractivity contribution in [3.05, 3.63) is 273 Å². The molecule has 9 rings (SSSR count). The number of carbonyl (C=O) groups is 1. The van der Waals surface area contributed by atoms with E-state index in [1.54, 1.807) is 0 Å². The normalized spacial score (nSPS) is 10.3. The molecule has 0 heterocycles. The van der Waals surface area contributed by atoms with E-state index in [9.17, 15) is 4.79 Å². The zero-order valence-corrected chi connectivity index (χ0v) is 39.0. The van der Waals surface area contributed by atoms with Gasteiger partial charge in [-0.2, -0.15) is 0 Å². The van der Waals surface area contributed by atoms with Crippen molar-refractivity contribution in [1.29, 1.82) is 0 Å². The summed E-state index contributed by atoms with van der Waals surface area (Å²) >= 11 is 1.84. The summed E-state index contributed by atoms with van der Waals surface area (Å²) in [6, 6.07) is 97.5. The summed E-state index contributed by atoms with van der Waals surface area (Å²) in [4.78, 5) is 9.57. The van der Waals surface area contributed by atoms with Gasteiger partial charge in [-0.1, -0.05) is 320 Å². The maximum Gasteiger partial charge on any atom is 0.229 e. The molecule has 0 aliphatic heterocycles. The van der Waals surface area contributed by atoms with Gasteiger partial charge in [0.25, 0.3) is 0 Å². The van der Waals surface area contributed by atoms with Gasteiger partial charge < -0.3 is 3.79 Å². The maximum atomic E-state index is 9.57. The fourth-order valence-electron chi connectivity index (χ4n) is 6.94. The average molecular weight is 864 g/mol. The molecule has 0 spiro atoms. The third-order valence-electron chi connectivity index (χ3n) is 9.73. The Labute approximate surface area is 381 Å². The molecule has 9 aromatic rings. The molecule has 300 valence electrons. The minimum Gasteiger partial charge on any atom is -0.855 e. The molecule has 6 radical (unpaired) electrons. The van der Waals surface area contributed by atoms with Crippen molar-refractivity contribution in [3.63, 3.8) is 0 Å². The predicted octanol–water partition coefficient (Wildman–Crippen LogP) is 6.24. The Bertz CT molecular complexity index is 1990. The van der Waals surface area contributed by atoms with E-state index in [0.717, 1.165) is 0 Å². The van der Waals surface area contributed by atoms with Crippen molar-refractivity contribution < 1.29 is 8.58 Å². The smallest absolute Gasteiger partial charge is 0.229 e. The van der Waals surface area contributed by atoms with Crippen LogP contribution >= 0.6 is 0 Å². The summed E-state index contributed by atoms with van der Waals surface area (Å²) in [6.45, 7) is 1.34. The monoisotopic (exact) mass is 863 g/mol. The van der Waals surface area contributed by atoms with E-state index in [1.807, 2.05) is 16.6 Å². The van der Waals surface area contributed by atoms with E-state index < -0.39 is 26.4 Å². The van der Waals surface area contributed by atoms with Crippen LogP contribution in [0.5, 0.6) is 0 Å². The fourth-order valence-corrected chi connectivity index (χ4v) is 14.7. The molecule has 0 bridgehead atoms. The zero-order valence-electron chi connectivity index (χ0n) is 34.9. The Morgan fingerprint density at radius 2 is 0.371 bits per heavy atom. The Kier molecular flexibility index (Phi) is 18.5. The lowest BCUT2D eigenvalue weighted by molar-refractivity contribution is -0.131. The van der Waals surface area contributed by atoms with E-state index >= 15 is 0 Å². The summed E-state index contributed by atoms with van der Waals surface area (Å²) in [7, 11) is -2.63. The second-order valence-corrected chi connectivity index (χ2v) is 21.7. The van der Waals surface area contributed by atoms with Crippen molar-refractivity contribution in [2.24, 2.45) is 0 Å². The first kappa shape index (κ1) is 45.2. The summed E-state index contributed by atoms with van der Waals surface area (Å²) in [6.07, 6.45) is 0. The van der Waals surface area contributed by atoms with Crippen LogP contribution in [0.25, 0.3) is 0 Å². The van der Waals surface area contributed by atoms with Gasteiger partial charge in [-0.25, -0.2) is 16.6 Å². The largest absolute Gasteiger partial charge is 0.855 e. The van der Waals surface area contributed by atoms with Crippen LogP contribution in [0.4, 0.5) is 0 Å². The van der Waals surface area contributed by atoms with Crippen LogP contribution in [0.15, 0.2) is 273 Å². The molecule has 62 heavy (non-hydrogen) atoms.